The molecule has 0 aliphatic carbocycles. The third-order valence-corrected chi connectivity index (χ3v) is 8.01. The number of amides is 5. The fourth-order valence-corrected chi connectivity index (χ4v) is 5.67. The molecule has 3 heterocycles. The summed E-state index contributed by atoms with van der Waals surface area (Å²) in [4.78, 5) is 51.2. The van der Waals surface area contributed by atoms with E-state index in [1.807, 2.05) is 55.5 Å². The number of aryl methyl sites for hydroxylation is 1. The van der Waals surface area contributed by atoms with Crippen LogP contribution in [0.3, 0.4) is 0 Å². The van der Waals surface area contributed by atoms with Gasteiger partial charge in [0.05, 0.1) is 11.4 Å². The molecule has 2 atom stereocenters. The Bertz CT molecular complexity index is 1520. The average Bonchev–Trinajstić information content (AvgIpc) is 3.52. The monoisotopic (exact) mass is 585 g/mol. The van der Waals surface area contributed by atoms with Crippen LogP contribution in [0, 0.1) is 12.8 Å². The van der Waals surface area contributed by atoms with Crippen molar-refractivity contribution < 1.29 is 19.2 Å². The molecule has 11 heteroatoms. The van der Waals surface area contributed by atoms with Gasteiger partial charge >= 0.3 is 12.1 Å². The smallest absolute Gasteiger partial charge is 0.324 e. The summed E-state index contributed by atoms with van der Waals surface area (Å²) in [6, 6.07) is 15.1. The maximum atomic E-state index is 13.8. The van der Waals surface area contributed by atoms with Crippen molar-refractivity contribution in [2.24, 2.45) is 5.92 Å². The standard InChI is InChI=1S/C32H39N7O4/c1-19-9-11-21(12-10-19)39-27(18-26(38-39)32(2,3)4)36-30(42)34-23-8-6-5-7-22(23)28(20-13-15-33-16-14-20)25(40)17-24-29(41)37-31(43)35-24/h5-12,18,20,24,28,33H,13-17H2,1-4H3,(H2,34,36,42)(H2,35,37,41,43). The van der Waals surface area contributed by atoms with Crippen LogP contribution in [0.2, 0.25) is 0 Å². The highest BCUT2D eigenvalue weighted by Crippen LogP contribution is 2.37. The van der Waals surface area contributed by atoms with Crippen LogP contribution in [-0.4, -0.2) is 52.7 Å². The summed E-state index contributed by atoms with van der Waals surface area (Å²) in [7, 11) is 0. The molecule has 2 fully saturated rings. The Labute approximate surface area is 251 Å². The highest BCUT2D eigenvalue weighted by molar-refractivity contribution is 6.07. The first-order valence-electron chi connectivity index (χ1n) is 14.7. The number of nitrogens with one attached hydrogen (secondary N) is 5. The van der Waals surface area contributed by atoms with Crippen molar-refractivity contribution >= 4 is 35.3 Å². The van der Waals surface area contributed by atoms with E-state index in [-0.39, 0.29) is 23.5 Å². The molecule has 5 amide bonds. The Balaban J connectivity index is 1.42. The maximum absolute atomic E-state index is 13.8. The Hall–Kier alpha value is -4.51. The van der Waals surface area contributed by atoms with Crippen molar-refractivity contribution in [2.75, 3.05) is 23.7 Å². The SMILES string of the molecule is Cc1ccc(-n2nc(C(C)(C)C)cc2NC(=O)Nc2ccccc2C(C(=O)CC2NC(=O)NC2=O)C2CCNCC2)cc1. The average molecular weight is 586 g/mol. The van der Waals surface area contributed by atoms with Gasteiger partial charge in [-0.25, -0.2) is 14.3 Å². The number of benzene rings is 2. The summed E-state index contributed by atoms with van der Waals surface area (Å²) in [6.45, 7) is 9.74. The summed E-state index contributed by atoms with van der Waals surface area (Å²) in [5.41, 5.74) is 3.70. The van der Waals surface area contributed by atoms with E-state index in [0.29, 0.717) is 17.1 Å². The molecule has 2 aliphatic rings. The van der Waals surface area contributed by atoms with Crippen molar-refractivity contribution in [1.82, 2.24) is 25.7 Å². The molecule has 1 aromatic heterocycles. The third-order valence-electron chi connectivity index (χ3n) is 8.01. The van der Waals surface area contributed by atoms with Crippen LogP contribution in [0.25, 0.3) is 5.69 Å². The van der Waals surface area contributed by atoms with Gasteiger partial charge in [-0.1, -0.05) is 56.7 Å². The Morgan fingerprint density at radius 2 is 1.72 bits per heavy atom. The van der Waals surface area contributed by atoms with Crippen molar-refractivity contribution in [3.8, 4) is 5.69 Å². The summed E-state index contributed by atoms with van der Waals surface area (Å²) < 4.78 is 1.72. The van der Waals surface area contributed by atoms with Crippen LogP contribution < -0.4 is 26.6 Å². The molecular weight excluding hydrogens is 546 g/mol. The molecule has 2 aliphatic heterocycles. The number of carbonyl (C=O) groups is 4. The quantitative estimate of drug-likeness (QED) is 0.248. The molecule has 0 bridgehead atoms. The first-order chi connectivity index (χ1) is 20.5. The molecular formula is C32H39N7O4. The normalized spacial score (nSPS) is 18.1. The second kappa shape index (κ2) is 12.4. The van der Waals surface area contributed by atoms with Gasteiger partial charge in [0.2, 0.25) is 0 Å². The summed E-state index contributed by atoms with van der Waals surface area (Å²) in [5, 5.41) is 18.8. The van der Waals surface area contributed by atoms with E-state index in [2.05, 4.69) is 47.4 Å². The summed E-state index contributed by atoms with van der Waals surface area (Å²) in [5.74, 6) is -0.700. The predicted molar refractivity (Wildman–Crippen MR) is 165 cm³/mol. The molecule has 5 rings (SSSR count). The van der Waals surface area contributed by atoms with Gasteiger partial charge in [0, 0.05) is 29.5 Å². The molecule has 2 aromatic carbocycles. The molecule has 11 nitrogen and oxygen atoms in total. The molecule has 2 saturated heterocycles. The van der Waals surface area contributed by atoms with Crippen LogP contribution in [0.1, 0.15) is 62.8 Å². The zero-order valence-corrected chi connectivity index (χ0v) is 25.0. The fraction of sp³-hybridized carbons (Fsp3) is 0.406. The number of hydrogen-bond donors (Lipinski definition) is 5. The van der Waals surface area contributed by atoms with Crippen molar-refractivity contribution in [3.05, 3.63) is 71.4 Å². The molecule has 5 N–H and O–H groups in total. The highest BCUT2D eigenvalue weighted by Gasteiger charge is 2.38. The maximum Gasteiger partial charge on any atom is 0.324 e. The lowest BCUT2D eigenvalue weighted by atomic mass is 9.76. The van der Waals surface area contributed by atoms with Crippen LogP contribution in [0.15, 0.2) is 54.6 Å². The number of imide groups is 1. The number of aromatic nitrogens is 2. The lowest BCUT2D eigenvalue weighted by Gasteiger charge is -2.31. The summed E-state index contributed by atoms with van der Waals surface area (Å²) >= 11 is 0. The van der Waals surface area contributed by atoms with Gasteiger partial charge in [-0.15, -0.1) is 0 Å². The number of anilines is 2. The number of rotatable bonds is 8. The predicted octanol–water partition coefficient (Wildman–Crippen LogP) is 4.37. The number of nitrogens with zero attached hydrogens (tertiary/aromatic N) is 2. The van der Waals surface area contributed by atoms with E-state index in [4.69, 9.17) is 5.10 Å². The van der Waals surface area contributed by atoms with Gasteiger partial charge in [0.1, 0.15) is 17.6 Å². The topological polar surface area (TPSA) is 146 Å². The number of carbonyl (C=O) groups excluding carboxylic acids is 4. The van der Waals surface area contributed by atoms with Gasteiger partial charge < -0.3 is 16.0 Å². The second-order valence-electron chi connectivity index (χ2n) is 12.3. The van der Waals surface area contributed by atoms with Crippen molar-refractivity contribution in [3.63, 3.8) is 0 Å². The molecule has 0 radical (unpaired) electrons. The third kappa shape index (κ3) is 6.94. The molecule has 43 heavy (non-hydrogen) atoms. The van der Waals surface area contributed by atoms with Gasteiger partial charge in [0.25, 0.3) is 5.91 Å². The molecule has 2 unspecified atom stereocenters. The second-order valence-corrected chi connectivity index (χ2v) is 12.3. The number of ketones is 1. The lowest BCUT2D eigenvalue weighted by Crippen LogP contribution is -2.38. The van der Waals surface area contributed by atoms with Crippen LogP contribution >= 0.6 is 0 Å². The van der Waals surface area contributed by atoms with E-state index in [1.54, 1.807) is 10.7 Å². The summed E-state index contributed by atoms with van der Waals surface area (Å²) in [6.07, 6.45) is 1.41. The first-order valence-corrected chi connectivity index (χ1v) is 14.7. The van der Waals surface area contributed by atoms with Crippen LogP contribution in [0.4, 0.5) is 21.1 Å². The van der Waals surface area contributed by atoms with Crippen molar-refractivity contribution in [1.29, 1.82) is 0 Å². The largest absolute Gasteiger partial charge is 0.326 e. The first kappa shape index (κ1) is 30.0. The van der Waals surface area contributed by atoms with Crippen LogP contribution in [-0.2, 0) is 15.0 Å². The fourth-order valence-electron chi connectivity index (χ4n) is 5.67. The number of urea groups is 2. The van der Waals surface area contributed by atoms with E-state index < -0.39 is 29.9 Å². The van der Waals surface area contributed by atoms with Crippen LogP contribution in [0.5, 0.6) is 0 Å². The zero-order chi connectivity index (χ0) is 30.7. The minimum Gasteiger partial charge on any atom is -0.326 e. The highest BCUT2D eigenvalue weighted by atomic mass is 16.2. The van der Waals surface area contributed by atoms with Gasteiger partial charge in [-0.2, -0.15) is 5.10 Å². The molecule has 0 saturated carbocycles. The van der Waals surface area contributed by atoms with Crippen molar-refractivity contribution in [2.45, 2.75) is 64.3 Å². The lowest BCUT2D eigenvalue weighted by molar-refractivity contribution is -0.126. The minimum atomic E-state index is -0.910. The number of piperidine rings is 1. The number of para-hydroxylation sites is 1. The van der Waals surface area contributed by atoms with E-state index in [0.717, 1.165) is 42.9 Å². The molecule has 3 aromatic rings. The number of hydrogen-bond acceptors (Lipinski definition) is 6. The Morgan fingerprint density at radius 3 is 2.37 bits per heavy atom. The van der Waals surface area contributed by atoms with E-state index >= 15 is 0 Å². The molecule has 0 spiro atoms. The molecule has 226 valence electrons. The number of Topliss-reactive ketones (excluding diaryl/α,β-unsaturated/α-hetero) is 1. The Morgan fingerprint density at radius 1 is 1.02 bits per heavy atom. The van der Waals surface area contributed by atoms with Gasteiger partial charge in [0.15, 0.2) is 0 Å². The Kier molecular flexibility index (Phi) is 8.63. The van der Waals surface area contributed by atoms with Gasteiger partial charge in [-0.05, 0) is 62.5 Å². The van der Waals surface area contributed by atoms with E-state index in [1.165, 1.54) is 0 Å². The minimum absolute atomic E-state index is 0.0113. The van der Waals surface area contributed by atoms with E-state index in [9.17, 15) is 19.2 Å². The zero-order valence-electron chi connectivity index (χ0n) is 25.0. The van der Waals surface area contributed by atoms with Gasteiger partial charge in [-0.3, -0.25) is 20.2 Å².